The molecule has 0 aliphatic heterocycles. The van der Waals surface area contributed by atoms with Crippen molar-refractivity contribution < 1.29 is 22.0 Å². The van der Waals surface area contributed by atoms with Gasteiger partial charge in [-0.3, -0.25) is 14.4 Å². The van der Waals surface area contributed by atoms with E-state index in [4.69, 9.17) is 0 Å². The first-order valence-corrected chi connectivity index (χ1v) is 14.4. The van der Waals surface area contributed by atoms with Crippen molar-refractivity contribution in [2.24, 2.45) is 0 Å². The Labute approximate surface area is 224 Å². The van der Waals surface area contributed by atoms with Crippen LogP contribution in [0.25, 0.3) is 10.2 Å². The van der Waals surface area contributed by atoms with Crippen LogP contribution in [-0.2, 0) is 16.6 Å². The number of benzene rings is 2. The lowest BCUT2D eigenvalue weighted by molar-refractivity contribution is 0.0985. The van der Waals surface area contributed by atoms with E-state index in [-0.39, 0.29) is 32.4 Å². The maximum absolute atomic E-state index is 14.4. The van der Waals surface area contributed by atoms with Gasteiger partial charge in [0.1, 0.15) is 11.3 Å². The number of fused-ring (bicyclic) bond motifs is 1. The topological polar surface area (TPSA) is 88.4 Å². The highest BCUT2D eigenvalue weighted by atomic mass is 32.2. The zero-order valence-electron chi connectivity index (χ0n) is 21.6. The van der Waals surface area contributed by atoms with E-state index >= 15 is 0 Å². The minimum atomic E-state index is -3.69. The minimum absolute atomic E-state index is 0.0214. The van der Waals surface area contributed by atoms with Crippen molar-refractivity contribution in [3.8, 4) is 0 Å². The molecule has 38 heavy (non-hydrogen) atoms. The monoisotopic (exact) mass is 561 g/mol. The fourth-order valence-corrected chi connectivity index (χ4v) is 6.29. The Kier molecular flexibility index (Phi) is 8.24. The quantitative estimate of drug-likeness (QED) is 0.267. The number of thiazole rings is 1. The Hall–Kier alpha value is -3.22. The van der Waals surface area contributed by atoms with Crippen molar-refractivity contribution in [2.45, 2.75) is 45.1 Å². The number of rotatable bonds is 10. The Morgan fingerprint density at radius 2 is 1.79 bits per heavy atom. The molecule has 0 unspecified atom stereocenters. The largest absolute Gasteiger partial charge is 0.282 e. The van der Waals surface area contributed by atoms with Crippen molar-refractivity contribution in [1.82, 2.24) is 19.1 Å². The molecule has 0 aliphatic carbocycles. The normalized spacial score (nSPS) is 12.0. The average molecular weight is 562 g/mol. The summed E-state index contributed by atoms with van der Waals surface area (Å²) in [6.07, 6.45) is 1.60. The molecule has 2 aromatic carbocycles. The molecule has 0 saturated heterocycles. The van der Waals surface area contributed by atoms with E-state index in [0.29, 0.717) is 13.1 Å². The summed E-state index contributed by atoms with van der Waals surface area (Å²) in [5, 5.41) is 4.63. The summed E-state index contributed by atoms with van der Waals surface area (Å²) >= 11 is 1.00. The van der Waals surface area contributed by atoms with E-state index in [1.54, 1.807) is 4.68 Å². The lowest BCUT2D eigenvalue weighted by atomic mass is 10.2. The van der Waals surface area contributed by atoms with Gasteiger partial charge in [0.25, 0.3) is 5.91 Å². The fourth-order valence-electron chi connectivity index (χ4n) is 4.05. The molecule has 1 amide bonds. The first kappa shape index (κ1) is 27.8. The standard InChI is InChI=1S/C26H29F2N5O3S2/c1-5-6-11-31(4)38(35,36)21-9-7-19(8-10-21)25(34)32(12-13-33-18(3)14-17(2)30-33)26-29-24-22(28)15-20(27)16-23(24)37-26/h7-10,14-16H,5-6,11-13H2,1-4H3. The van der Waals surface area contributed by atoms with E-state index < -0.39 is 27.6 Å². The fraction of sp³-hybridized carbons (Fsp3) is 0.346. The zero-order valence-corrected chi connectivity index (χ0v) is 23.2. The van der Waals surface area contributed by atoms with E-state index in [9.17, 15) is 22.0 Å². The van der Waals surface area contributed by atoms with Gasteiger partial charge in [-0.15, -0.1) is 0 Å². The highest BCUT2D eigenvalue weighted by Gasteiger charge is 2.25. The Morgan fingerprint density at radius 1 is 1.08 bits per heavy atom. The van der Waals surface area contributed by atoms with Gasteiger partial charge < -0.3 is 0 Å². The number of aryl methyl sites for hydroxylation is 2. The minimum Gasteiger partial charge on any atom is -0.282 e. The van der Waals surface area contributed by atoms with Crippen LogP contribution in [0.2, 0.25) is 0 Å². The molecule has 0 fully saturated rings. The predicted molar refractivity (Wildman–Crippen MR) is 144 cm³/mol. The molecule has 0 radical (unpaired) electrons. The molecule has 202 valence electrons. The number of halogens is 2. The van der Waals surface area contributed by atoms with Gasteiger partial charge in [-0.05, 0) is 56.7 Å². The van der Waals surface area contributed by atoms with Gasteiger partial charge in [0.15, 0.2) is 10.9 Å². The Bertz CT molecular complexity index is 1570. The summed E-state index contributed by atoms with van der Waals surface area (Å²) in [4.78, 5) is 19.4. The SMILES string of the molecule is CCCCN(C)S(=O)(=O)c1ccc(C(=O)N(CCn2nc(C)cc2C)c2nc3c(F)cc(F)cc3s2)cc1. The number of nitrogens with zero attached hydrogens (tertiary/aromatic N) is 5. The molecule has 2 heterocycles. The number of aromatic nitrogens is 3. The summed E-state index contributed by atoms with van der Waals surface area (Å²) in [6.45, 7) is 6.65. The van der Waals surface area contributed by atoms with E-state index in [2.05, 4.69) is 10.1 Å². The predicted octanol–water partition coefficient (Wildman–Crippen LogP) is 5.16. The number of hydrogen-bond acceptors (Lipinski definition) is 6. The first-order chi connectivity index (χ1) is 18.0. The molecule has 0 bridgehead atoms. The van der Waals surface area contributed by atoms with Gasteiger partial charge in [-0.25, -0.2) is 26.5 Å². The van der Waals surface area contributed by atoms with Crippen LogP contribution >= 0.6 is 11.3 Å². The smallest absolute Gasteiger partial charge is 0.260 e. The summed E-state index contributed by atoms with van der Waals surface area (Å²) in [5.74, 6) is -1.99. The number of anilines is 1. The summed E-state index contributed by atoms with van der Waals surface area (Å²) in [7, 11) is -2.16. The molecule has 2 aromatic heterocycles. The second-order valence-electron chi connectivity index (χ2n) is 9.04. The van der Waals surface area contributed by atoms with E-state index in [1.807, 2.05) is 26.8 Å². The van der Waals surface area contributed by atoms with Gasteiger partial charge in [-0.1, -0.05) is 24.7 Å². The Balaban J connectivity index is 1.66. The highest BCUT2D eigenvalue weighted by molar-refractivity contribution is 7.89. The van der Waals surface area contributed by atoms with Gasteiger partial charge >= 0.3 is 0 Å². The highest BCUT2D eigenvalue weighted by Crippen LogP contribution is 2.32. The maximum Gasteiger partial charge on any atom is 0.260 e. The number of carbonyl (C=O) groups is 1. The van der Waals surface area contributed by atoms with Crippen LogP contribution in [-0.4, -0.2) is 53.5 Å². The summed E-state index contributed by atoms with van der Waals surface area (Å²) in [6, 6.07) is 9.55. The molecular formula is C26H29F2N5O3S2. The lowest BCUT2D eigenvalue weighted by Crippen LogP contribution is -2.34. The molecule has 4 aromatic rings. The number of hydrogen-bond donors (Lipinski definition) is 0. The molecular weight excluding hydrogens is 532 g/mol. The molecule has 12 heteroatoms. The third kappa shape index (κ3) is 5.77. The van der Waals surface area contributed by atoms with Crippen molar-refractivity contribution in [2.75, 3.05) is 25.0 Å². The number of amides is 1. The van der Waals surface area contributed by atoms with Crippen molar-refractivity contribution >= 4 is 42.6 Å². The summed E-state index contributed by atoms with van der Waals surface area (Å²) < 4.78 is 57.3. The molecule has 4 rings (SSSR count). The van der Waals surface area contributed by atoms with Crippen molar-refractivity contribution in [1.29, 1.82) is 0 Å². The summed E-state index contributed by atoms with van der Waals surface area (Å²) in [5.41, 5.74) is 1.96. The second-order valence-corrected chi connectivity index (χ2v) is 12.1. The van der Waals surface area contributed by atoms with Crippen LogP contribution < -0.4 is 4.90 Å². The van der Waals surface area contributed by atoms with Crippen LogP contribution in [0.3, 0.4) is 0 Å². The number of sulfonamides is 1. The van der Waals surface area contributed by atoms with E-state index in [0.717, 1.165) is 41.6 Å². The molecule has 0 aliphatic rings. The van der Waals surface area contributed by atoms with Crippen molar-refractivity contribution in [3.05, 3.63) is 71.1 Å². The second kappa shape index (κ2) is 11.3. The molecule has 0 N–H and O–H groups in total. The van der Waals surface area contributed by atoms with Gasteiger partial charge in [0, 0.05) is 37.5 Å². The Morgan fingerprint density at radius 3 is 2.42 bits per heavy atom. The maximum atomic E-state index is 14.4. The molecule has 0 saturated carbocycles. The molecule has 0 spiro atoms. The van der Waals surface area contributed by atoms with Gasteiger partial charge in [0.2, 0.25) is 10.0 Å². The number of carbonyl (C=O) groups excluding carboxylic acids is 1. The zero-order chi connectivity index (χ0) is 27.6. The number of unbranched alkanes of at least 4 members (excludes halogenated alkanes) is 1. The third-order valence-electron chi connectivity index (χ3n) is 6.15. The average Bonchev–Trinajstić information content (AvgIpc) is 3.44. The van der Waals surface area contributed by atoms with Gasteiger partial charge in [0.05, 0.1) is 21.8 Å². The first-order valence-electron chi connectivity index (χ1n) is 12.2. The van der Waals surface area contributed by atoms with Gasteiger partial charge in [-0.2, -0.15) is 5.10 Å². The van der Waals surface area contributed by atoms with E-state index in [1.165, 1.54) is 46.6 Å². The van der Waals surface area contributed by atoms with Crippen LogP contribution in [0.1, 0.15) is 41.5 Å². The van der Waals surface area contributed by atoms with Crippen LogP contribution in [0.15, 0.2) is 47.4 Å². The molecule has 0 atom stereocenters. The third-order valence-corrected chi connectivity index (χ3v) is 9.05. The lowest BCUT2D eigenvalue weighted by Gasteiger charge is -2.21. The van der Waals surface area contributed by atoms with Crippen LogP contribution in [0.4, 0.5) is 13.9 Å². The molecule has 8 nitrogen and oxygen atoms in total. The van der Waals surface area contributed by atoms with Crippen LogP contribution in [0, 0.1) is 25.5 Å². The van der Waals surface area contributed by atoms with Crippen LogP contribution in [0.5, 0.6) is 0 Å². The van der Waals surface area contributed by atoms with Crippen molar-refractivity contribution in [3.63, 3.8) is 0 Å².